The molecule has 1 heterocycles. The van der Waals surface area contributed by atoms with E-state index in [0.717, 1.165) is 69.5 Å². The number of alkyl halides is 3. The number of rotatable bonds is 5. The lowest BCUT2D eigenvalue weighted by Gasteiger charge is -2.43. The van der Waals surface area contributed by atoms with Crippen LogP contribution >= 0.6 is 0 Å². The number of halogens is 3. The predicted octanol–water partition coefficient (Wildman–Crippen LogP) is 4.11. The van der Waals surface area contributed by atoms with Gasteiger partial charge in [-0.2, -0.15) is 13.2 Å². The van der Waals surface area contributed by atoms with Crippen LogP contribution in [-0.2, 0) is 4.79 Å². The number of amides is 1. The highest BCUT2D eigenvalue weighted by atomic mass is 19.4. The van der Waals surface area contributed by atoms with Crippen molar-refractivity contribution in [1.29, 1.82) is 0 Å². The summed E-state index contributed by atoms with van der Waals surface area (Å²) in [6.45, 7) is 1.85. The van der Waals surface area contributed by atoms with Gasteiger partial charge in [0, 0.05) is 31.3 Å². The van der Waals surface area contributed by atoms with Crippen molar-refractivity contribution in [2.45, 2.75) is 62.7 Å². The molecular formula is C20H26F3N3O3. The van der Waals surface area contributed by atoms with Gasteiger partial charge in [-0.25, -0.2) is 0 Å². The summed E-state index contributed by atoms with van der Waals surface area (Å²) in [7, 11) is 1.46. The van der Waals surface area contributed by atoms with Crippen molar-refractivity contribution in [3.8, 4) is 0 Å². The van der Waals surface area contributed by atoms with Crippen LogP contribution in [0.1, 0.15) is 50.0 Å². The lowest BCUT2D eigenvalue weighted by Crippen LogP contribution is -2.55. The Labute approximate surface area is 167 Å². The maximum Gasteiger partial charge on any atom is 0.404 e. The zero-order valence-corrected chi connectivity index (χ0v) is 16.4. The summed E-state index contributed by atoms with van der Waals surface area (Å²) in [6, 6.07) is 3.91. The Balaban J connectivity index is 1.85. The minimum absolute atomic E-state index is 0.0888. The van der Waals surface area contributed by atoms with E-state index in [2.05, 4.69) is 4.90 Å². The van der Waals surface area contributed by atoms with Gasteiger partial charge < -0.3 is 4.90 Å². The maximum absolute atomic E-state index is 13.8. The van der Waals surface area contributed by atoms with E-state index in [0.29, 0.717) is 6.42 Å². The number of carbonyl (C=O) groups is 1. The third kappa shape index (κ3) is 4.71. The topological polar surface area (TPSA) is 66.7 Å². The SMILES string of the molecule is CN(C(=O)C(c1ccc([N+](=O)[O-])cc1)C(F)(F)F)C1CCCCC1N1CCCC1. The van der Waals surface area contributed by atoms with Crippen LogP contribution in [0.2, 0.25) is 0 Å². The van der Waals surface area contributed by atoms with Crippen molar-refractivity contribution < 1.29 is 22.9 Å². The molecule has 3 unspecified atom stereocenters. The third-order valence-corrected chi connectivity index (χ3v) is 6.16. The van der Waals surface area contributed by atoms with Gasteiger partial charge in [-0.15, -0.1) is 0 Å². The summed E-state index contributed by atoms with van der Waals surface area (Å²) in [4.78, 5) is 26.7. The number of nitrogens with zero attached hydrogens (tertiary/aromatic N) is 3. The van der Waals surface area contributed by atoms with Crippen LogP contribution in [-0.4, -0.2) is 59.0 Å². The van der Waals surface area contributed by atoms with Gasteiger partial charge in [-0.3, -0.25) is 19.8 Å². The number of nitro groups is 1. The van der Waals surface area contributed by atoms with Gasteiger partial charge in [0.25, 0.3) is 5.69 Å². The summed E-state index contributed by atoms with van der Waals surface area (Å²) in [5.74, 6) is -3.32. The van der Waals surface area contributed by atoms with Gasteiger partial charge in [0.2, 0.25) is 5.91 Å². The van der Waals surface area contributed by atoms with E-state index in [9.17, 15) is 28.1 Å². The Bertz CT molecular complexity index is 733. The number of likely N-dealkylation sites (tertiary alicyclic amines) is 1. The minimum Gasteiger partial charge on any atom is -0.340 e. The number of non-ortho nitro benzene ring substituents is 1. The van der Waals surface area contributed by atoms with Crippen molar-refractivity contribution in [1.82, 2.24) is 9.80 Å². The molecule has 1 saturated heterocycles. The second-order valence-electron chi connectivity index (χ2n) is 7.93. The van der Waals surface area contributed by atoms with Gasteiger partial charge in [0.05, 0.1) is 4.92 Å². The fraction of sp³-hybridized carbons (Fsp3) is 0.650. The smallest absolute Gasteiger partial charge is 0.340 e. The van der Waals surface area contributed by atoms with Crippen LogP contribution in [0.5, 0.6) is 0 Å². The first kappa shape index (κ1) is 21.5. The second kappa shape index (κ2) is 8.69. The Morgan fingerprint density at radius 3 is 2.28 bits per heavy atom. The molecule has 3 atom stereocenters. The average molecular weight is 413 g/mol. The quantitative estimate of drug-likeness (QED) is 0.538. The molecule has 0 bridgehead atoms. The van der Waals surface area contributed by atoms with E-state index in [1.807, 2.05) is 0 Å². The summed E-state index contributed by atoms with van der Waals surface area (Å²) in [5, 5.41) is 10.8. The fourth-order valence-electron chi connectivity index (χ4n) is 4.67. The van der Waals surface area contributed by atoms with Gasteiger partial charge in [-0.05, 0) is 44.3 Å². The standard InChI is InChI=1S/C20H26F3N3O3/c1-24(16-6-2-3-7-17(16)25-12-4-5-13-25)19(27)18(20(21,22)23)14-8-10-15(11-9-14)26(28)29/h8-11,16-18H,2-7,12-13H2,1H3. The predicted molar refractivity (Wildman–Crippen MR) is 102 cm³/mol. The van der Waals surface area contributed by atoms with E-state index in [4.69, 9.17) is 0 Å². The molecular weight excluding hydrogens is 387 g/mol. The van der Waals surface area contributed by atoms with Gasteiger partial charge in [0.1, 0.15) is 0 Å². The van der Waals surface area contributed by atoms with Gasteiger partial charge in [0.15, 0.2) is 5.92 Å². The summed E-state index contributed by atoms with van der Waals surface area (Å²) >= 11 is 0. The summed E-state index contributed by atoms with van der Waals surface area (Å²) in [6.07, 6.45) is 0.860. The van der Waals surface area contributed by atoms with E-state index in [1.54, 1.807) is 0 Å². The Morgan fingerprint density at radius 1 is 1.14 bits per heavy atom. The first-order chi connectivity index (χ1) is 13.7. The van der Waals surface area contributed by atoms with Crippen molar-refractivity contribution >= 4 is 11.6 Å². The number of nitro benzene ring substituents is 1. The van der Waals surface area contributed by atoms with E-state index in [1.165, 1.54) is 11.9 Å². The molecule has 160 valence electrons. The molecule has 1 saturated carbocycles. The van der Waals surface area contributed by atoms with E-state index >= 15 is 0 Å². The van der Waals surface area contributed by atoms with Crippen LogP contribution in [0.15, 0.2) is 24.3 Å². The molecule has 0 spiro atoms. The number of likely N-dealkylation sites (N-methyl/N-ethyl adjacent to an activating group) is 1. The lowest BCUT2D eigenvalue weighted by molar-refractivity contribution is -0.384. The van der Waals surface area contributed by atoms with E-state index in [-0.39, 0.29) is 23.3 Å². The highest BCUT2D eigenvalue weighted by Crippen LogP contribution is 2.38. The second-order valence-corrected chi connectivity index (χ2v) is 7.93. The molecule has 3 rings (SSSR count). The fourth-order valence-corrected chi connectivity index (χ4v) is 4.67. The summed E-state index contributed by atoms with van der Waals surface area (Å²) in [5.41, 5.74) is -0.578. The lowest BCUT2D eigenvalue weighted by atomic mass is 9.87. The molecule has 0 radical (unpaired) electrons. The molecule has 1 aliphatic carbocycles. The number of hydrogen-bond donors (Lipinski definition) is 0. The molecule has 0 aromatic heterocycles. The Kier molecular flexibility index (Phi) is 6.45. The number of carbonyl (C=O) groups excluding carboxylic acids is 1. The normalized spacial score (nSPS) is 24.3. The number of hydrogen-bond acceptors (Lipinski definition) is 4. The molecule has 6 nitrogen and oxygen atoms in total. The zero-order valence-electron chi connectivity index (χ0n) is 16.4. The highest BCUT2D eigenvalue weighted by Gasteiger charge is 2.49. The van der Waals surface area contributed by atoms with Crippen LogP contribution in [0, 0.1) is 10.1 Å². The summed E-state index contributed by atoms with van der Waals surface area (Å²) < 4.78 is 41.5. The zero-order chi connectivity index (χ0) is 21.2. The highest BCUT2D eigenvalue weighted by molar-refractivity contribution is 5.85. The molecule has 1 aromatic carbocycles. The molecule has 1 aromatic rings. The molecule has 2 aliphatic rings. The monoisotopic (exact) mass is 413 g/mol. The minimum atomic E-state index is -4.78. The number of benzene rings is 1. The molecule has 1 aliphatic heterocycles. The molecule has 2 fully saturated rings. The Hall–Kier alpha value is -2.16. The first-order valence-electron chi connectivity index (χ1n) is 10.0. The van der Waals surface area contributed by atoms with Crippen LogP contribution < -0.4 is 0 Å². The average Bonchev–Trinajstić information content (AvgIpc) is 3.21. The molecule has 1 amide bonds. The first-order valence-corrected chi connectivity index (χ1v) is 10.0. The van der Waals surface area contributed by atoms with Crippen molar-refractivity contribution in [2.75, 3.05) is 20.1 Å². The van der Waals surface area contributed by atoms with Crippen molar-refractivity contribution in [3.63, 3.8) is 0 Å². The van der Waals surface area contributed by atoms with Crippen molar-refractivity contribution in [2.24, 2.45) is 0 Å². The van der Waals surface area contributed by atoms with Crippen molar-refractivity contribution in [3.05, 3.63) is 39.9 Å². The molecule has 9 heteroatoms. The van der Waals surface area contributed by atoms with Crippen LogP contribution in [0.4, 0.5) is 18.9 Å². The maximum atomic E-state index is 13.8. The molecule has 29 heavy (non-hydrogen) atoms. The third-order valence-electron chi connectivity index (χ3n) is 6.16. The van der Waals surface area contributed by atoms with Gasteiger partial charge in [-0.1, -0.05) is 25.0 Å². The van der Waals surface area contributed by atoms with Crippen LogP contribution in [0.3, 0.4) is 0 Å². The Morgan fingerprint density at radius 2 is 1.72 bits per heavy atom. The molecule has 0 N–H and O–H groups in total. The van der Waals surface area contributed by atoms with E-state index < -0.39 is 22.9 Å². The van der Waals surface area contributed by atoms with Gasteiger partial charge >= 0.3 is 6.18 Å². The largest absolute Gasteiger partial charge is 0.404 e. The van der Waals surface area contributed by atoms with Crippen LogP contribution in [0.25, 0.3) is 0 Å².